The first-order valence-electron chi connectivity index (χ1n) is 7.12. The molecular formula is C14H28N2O. The predicted molar refractivity (Wildman–Crippen MR) is 71.2 cm³/mol. The maximum Gasteiger partial charge on any atom is 0.0779 e. The highest BCUT2D eigenvalue weighted by molar-refractivity contribution is 4.93. The van der Waals surface area contributed by atoms with Crippen LogP contribution in [0, 0.1) is 11.3 Å². The lowest BCUT2D eigenvalue weighted by molar-refractivity contribution is 0.0179. The first-order chi connectivity index (χ1) is 8.06. The van der Waals surface area contributed by atoms with Crippen LogP contribution in [0.5, 0.6) is 0 Å². The number of hydrogen-bond acceptors (Lipinski definition) is 3. The average Bonchev–Trinajstić information content (AvgIpc) is 2.89. The van der Waals surface area contributed by atoms with Crippen molar-refractivity contribution in [3.05, 3.63) is 0 Å². The van der Waals surface area contributed by atoms with Gasteiger partial charge < -0.3 is 15.4 Å². The van der Waals surface area contributed by atoms with Crippen LogP contribution in [0.1, 0.15) is 40.0 Å². The van der Waals surface area contributed by atoms with Crippen LogP contribution >= 0.6 is 0 Å². The zero-order chi connectivity index (χ0) is 12.4. The van der Waals surface area contributed by atoms with E-state index in [2.05, 4.69) is 31.4 Å². The molecule has 2 fully saturated rings. The molecule has 3 nitrogen and oxygen atoms in total. The highest BCUT2D eigenvalue weighted by Crippen LogP contribution is 2.33. The second-order valence-electron chi connectivity index (χ2n) is 6.45. The third-order valence-electron chi connectivity index (χ3n) is 4.78. The first kappa shape index (κ1) is 13.3. The van der Waals surface area contributed by atoms with Gasteiger partial charge in [0.1, 0.15) is 0 Å². The number of ether oxygens (including phenoxy) is 1. The number of rotatable bonds is 5. The topological polar surface area (TPSA) is 33.3 Å². The van der Waals surface area contributed by atoms with Crippen molar-refractivity contribution >= 4 is 0 Å². The van der Waals surface area contributed by atoms with Gasteiger partial charge in [-0.1, -0.05) is 13.8 Å². The molecule has 0 saturated carbocycles. The van der Waals surface area contributed by atoms with Crippen LogP contribution in [0.2, 0.25) is 0 Å². The van der Waals surface area contributed by atoms with E-state index < -0.39 is 0 Å². The van der Waals surface area contributed by atoms with Gasteiger partial charge in [0, 0.05) is 26.2 Å². The predicted octanol–water partition coefficient (Wildman–Crippen LogP) is 1.78. The van der Waals surface area contributed by atoms with Gasteiger partial charge in [0.05, 0.1) is 5.60 Å². The summed E-state index contributed by atoms with van der Waals surface area (Å²) in [6.07, 6.45) is 3.72. The summed E-state index contributed by atoms with van der Waals surface area (Å²) in [5.41, 5.74) is 0.541. The summed E-state index contributed by atoms with van der Waals surface area (Å²) < 4.78 is 5.82. The molecule has 0 aromatic rings. The van der Waals surface area contributed by atoms with E-state index in [-0.39, 0.29) is 5.60 Å². The van der Waals surface area contributed by atoms with Crippen molar-refractivity contribution in [3.63, 3.8) is 0 Å². The summed E-state index contributed by atoms with van der Waals surface area (Å²) in [7, 11) is 0. The third-order valence-corrected chi connectivity index (χ3v) is 4.78. The SMILES string of the molecule is CC(C)C1(CNCC2(C)CCCO2)CCNC1. The molecule has 100 valence electrons. The van der Waals surface area contributed by atoms with E-state index in [0.717, 1.165) is 32.2 Å². The van der Waals surface area contributed by atoms with Crippen LogP contribution in [-0.2, 0) is 4.74 Å². The maximum atomic E-state index is 5.82. The van der Waals surface area contributed by atoms with Crippen molar-refractivity contribution in [2.45, 2.75) is 45.6 Å². The molecule has 2 heterocycles. The lowest BCUT2D eigenvalue weighted by atomic mass is 9.76. The standard InChI is InChI=1S/C14H28N2O/c1-12(2)14(6-7-15-10-14)11-16-9-13(3)5-4-8-17-13/h12,15-16H,4-11H2,1-3H3. The Hall–Kier alpha value is -0.120. The maximum absolute atomic E-state index is 5.82. The Morgan fingerprint density at radius 3 is 2.65 bits per heavy atom. The summed E-state index contributed by atoms with van der Waals surface area (Å²) in [5.74, 6) is 0.738. The molecule has 2 aliphatic rings. The summed E-state index contributed by atoms with van der Waals surface area (Å²) in [6, 6.07) is 0. The largest absolute Gasteiger partial charge is 0.374 e. The third kappa shape index (κ3) is 3.01. The molecule has 0 radical (unpaired) electrons. The Morgan fingerprint density at radius 1 is 1.29 bits per heavy atom. The van der Waals surface area contributed by atoms with Crippen LogP contribution in [0.15, 0.2) is 0 Å². The Bertz CT molecular complexity index is 241. The van der Waals surface area contributed by atoms with Crippen molar-refractivity contribution in [2.75, 3.05) is 32.8 Å². The van der Waals surface area contributed by atoms with Crippen LogP contribution < -0.4 is 10.6 Å². The molecule has 17 heavy (non-hydrogen) atoms. The molecule has 3 heteroatoms. The molecule has 2 saturated heterocycles. The van der Waals surface area contributed by atoms with Crippen LogP contribution in [0.3, 0.4) is 0 Å². The minimum Gasteiger partial charge on any atom is -0.374 e. The molecule has 2 unspecified atom stereocenters. The normalized spacial score (nSPS) is 38.1. The van der Waals surface area contributed by atoms with E-state index >= 15 is 0 Å². The fourth-order valence-electron chi connectivity index (χ4n) is 3.16. The van der Waals surface area contributed by atoms with E-state index in [1.54, 1.807) is 0 Å². The van der Waals surface area contributed by atoms with Crippen molar-refractivity contribution in [3.8, 4) is 0 Å². The van der Waals surface area contributed by atoms with Crippen LogP contribution in [0.25, 0.3) is 0 Å². The van der Waals surface area contributed by atoms with Crippen molar-refractivity contribution in [2.24, 2.45) is 11.3 Å². The van der Waals surface area contributed by atoms with Crippen LogP contribution in [0.4, 0.5) is 0 Å². The molecule has 0 aromatic heterocycles. The van der Waals surface area contributed by atoms with Gasteiger partial charge >= 0.3 is 0 Å². The molecule has 0 aliphatic carbocycles. The molecule has 2 rings (SSSR count). The van der Waals surface area contributed by atoms with E-state index in [9.17, 15) is 0 Å². The zero-order valence-corrected chi connectivity index (χ0v) is 11.6. The molecule has 0 bridgehead atoms. The molecule has 2 aliphatic heterocycles. The van der Waals surface area contributed by atoms with Gasteiger partial charge in [-0.2, -0.15) is 0 Å². The smallest absolute Gasteiger partial charge is 0.0779 e. The van der Waals surface area contributed by atoms with Gasteiger partial charge in [-0.3, -0.25) is 0 Å². The highest BCUT2D eigenvalue weighted by Gasteiger charge is 2.37. The molecule has 0 spiro atoms. The molecule has 2 N–H and O–H groups in total. The van der Waals surface area contributed by atoms with Gasteiger partial charge in [0.15, 0.2) is 0 Å². The average molecular weight is 240 g/mol. The van der Waals surface area contributed by atoms with Gasteiger partial charge in [0.25, 0.3) is 0 Å². The first-order valence-corrected chi connectivity index (χ1v) is 7.12. The van der Waals surface area contributed by atoms with E-state index in [0.29, 0.717) is 5.41 Å². The Balaban J connectivity index is 1.80. The molecule has 0 aromatic carbocycles. The number of hydrogen-bond donors (Lipinski definition) is 2. The second-order valence-corrected chi connectivity index (χ2v) is 6.45. The Labute approximate surface area is 106 Å². The fraction of sp³-hybridized carbons (Fsp3) is 1.00. The van der Waals surface area contributed by atoms with Gasteiger partial charge in [0.2, 0.25) is 0 Å². The molecule has 2 atom stereocenters. The van der Waals surface area contributed by atoms with Crippen LogP contribution in [-0.4, -0.2) is 38.4 Å². The van der Waals surface area contributed by atoms with E-state index in [1.165, 1.54) is 25.8 Å². The molecular weight excluding hydrogens is 212 g/mol. The minimum atomic E-state index is 0.0875. The lowest BCUT2D eigenvalue weighted by Crippen LogP contribution is -2.45. The van der Waals surface area contributed by atoms with Crippen molar-refractivity contribution in [1.29, 1.82) is 0 Å². The van der Waals surface area contributed by atoms with Crippen molar-refractivity contribution < 1.29 is 4.74 Å². The lowest BCUT2D eigenvalue weighted by Gasteiger charge is -2.34. The minimum absolute atomic E-state index is 0.0875. The van der Waals surface area contributed by atoms with E-state index in [4.69, 9.17) is 4.74 Å². The summed E-state index contributed by atoms with van der Waals surface area (Å²) in [6.45, 7) is 12.3. The van der Waals surface area contributed by atoms with Crippen molar-refractivity contribution in [1.82, 2.24) is 10.6 Å². The quantitative estimate of drug-likeness (QED) is 0.768. The summed E-state index contributed by atoms with van der Waals surface area (Å²) in [5, 5.41) is 7.18. The van der Waals surface area contributed by atoms with E-state index in [1.807, 2.05) is 0 Å². The fourth-order valence-corrected chi connectivity index (χ4v) is 3.16. The highest BCUT2D eigenvalue weighted by atomic mass is 16.5. The monoisotopic (exact) mass is 240 g/mol. The molecule has 0 amide bonds. The Kier molecular flexibility index (Phi) is 4.11. The van der Waals surface area contributed by atoms with Gasteiger partial charge in [-0.05, 0) is 44.1 Å². The summed E-state index contributed by atoms with van der Waals surface area (Å²) >= 11 is 0. The second kappa shape index (κ2) is 5.25. The number of nitrogens with one attached hydrogen (secondary N) is 2. The van der Waals surface area contributed by atoms with Gasteiger partial charge in [-0.25, -0.2) is 0 Å². The summed E-state index contributed by atoms with van der Waals surface area (Å²) in [4.78, 5) is 0. The Morgan fingerprint density at radius 2 is 2.12 bits per heavy atom. The van der Waals surface area contributed by atoms with Gasteiger partial charge in [-0.15, -0.1) is 0 Å². The zero-order valence-electron chi connectivity index (χ0n) is 11.6.